The van der Waals surface area contributed by atoms with Gasteiger partial charge >= 0.3 is 0 Å². The molecule has 20 heavy (non-hydrogen) atoms. The number of aliphatic hydroxyl groups excluding tert-OH is 1. The van der Waals surface area contributed by atoms with E-state index < -0.39 is 0 Å². The molecule has 0 aliphatic rings. The number of benzene rings is 2. The third-order valence-corrected chi connectivity index (χ3v) is 3.84. The summed E-state index contributed by atoms with van der Waals surface area (Å²) in [7, 11) is 0. The van der Waals surface area contributed by atoms with Gasteiger partial charge < -0.3 is 10.8 Å². The highest BCUT2D eigenvalue weighted by Gasteiger charge is 2.14. The summed E-state index contributed by atoms with van der Waals surface area (Å²) < 4.78 is 2.73. The molecule has 0 saturated carbocycles. The lowest BCUT2D eigenvalue weighted by Gasteiger charge is -2.10. The number of imidazole rings is 1. The maximum Gasteiger partial charge on any atom is 0.140 e. The van der Waals surface area contributed by atoms with Crippen molar-refractivity contribution in [3.63, 3.8) is 0 Å². The Hall–Kier alpha value is -1.56. The van der Waals surface area contributed by atoms with Crippen LogP contribution in [-0.4, -0.2) is 14.7 Å². The normalized spacial score (nSPS) is 11.2. The van der Waals surface area contributed by atoms with E-state index in [9.17, 15) is 5.11 Å². The first-order valence-corrected chi connectivity index (χ1v) is 7.10. The van der Waals surface area contributed by atoms with Gasteiger partial charge in [-0.25, -0.2) is 4.98 Å². The molecule has 6 heteroatoms. The Bertz CT molecular complexity index is 800. The number of aliphatic hydroxyl groups is 1. The van der Waals surface area contributed by atoms with Gasteiger partial charge in [0.1, 0.15) is 12.4 Å². The number of aromatic nitrogens is 2. The molecule has 2 aromatic carbocycles. The number of nitrogen functional groups attached to an aromatic ring is 1. The zero-order valence-electron chi connectivity index (χ0n) is 10.3. The number of halogens is 2. The summed E-state index contributed by atoms with van der Waals surface area (Å²) in [5.74, 6) is 0.523. The largest absolute Gasteiger partial charge is 0.399 e. The predicted octanol–water partition coefficient (Wildman–Crippen LogP) is 3.52. The molecule has 0 bridgehead atoms. The minimum atomic E-state index is -0.180. The number of rotatable bonds is 2. The van der Waals surface area contributed by atoms with Crippen molar-refractivity contribution < 1.29 is 5.11 Å². The third-order valence-electron chi connectivity index (χ3n) is 3.04. The zero-order valence-corrected chi connectivity index (χ0v) is 12.7. The lowest BCUT2D eigenvalue weighted by atomic mass is 10.2. The molecule has 3 aromatic rings. The molecule has 1 aromatic heterocycles. The molecule has 0 unspecified atom stereocenters. The second kappa shape index (κ2) is 5.09. The molecule has 0 spiro atoms. The molecule has 4 nitrogen and oxygen atoms in total. The molecule has 3 N–H and O–H groups in total. The van der Waals surface area contributed by atoms with E-state index in [0.717, 1.165) is 21.2 Å². The standard InChI is InChI=1S/C14H11BrClN3O/c15-8-1-3-12(10(16)5-8)19-13-4-2-9(17)6-11(13)18-14(19)7-20/h1-6,20H,7,17H2. The molecule has 1 heterocycles. The first kappa shape index (κ1) is 13.4. The highest BCUT2D eigenvalue weighted by atomic mass is 79.9. The van der Waals surface area contributed by atoms with Gasteiger partial charge in [-0.15, -0.1) is 0 Å². The van der Waals surface area contributed by atoms with E-state index in [1.807, 2.05) is 22.8 Å². The van der Waals surface area contributed by atoms with E-state index in [0.29, 0.717) is 16.5 Å². The van der Waals surface area contributed by atoms with Crippen LogP contribution in [-0.2, 0) is 6.61 Å². The second-order valence-electron chi connectivity index (χ2n) is 4.37. The minimum absolute atomic E-state index is 0.180. The van der Waals surface area contributed by atoms with Crippen LogP contribution in [0.2, 0.25) is 5.02 Å². The van der Waals surface area contributed by atoms with Gasteiger partial charge in [0, 0.05) is 10.2 Å². The molecule has 0 radical (unpaired) electrons. The first-order valence-electron chi connectivity index (χ1n) is 5.93. The quantitative estimate of drug-likeness (QED) is 0.694. The van der Waals surface area contributed by atoms with E-state index in [2.05, 4.69) is 20.9 Å². The van der Waals surface area contributed by atoms with Crippen molar-refractivity contribution >= 4 is 44.3 Å². The number of nitrogens with two attached hydrogens (primary N) is 1. The summed E-state index contributed by atoms with van der Waals surface area (Å²) in [6, 6.07) is 11.0. The summed E-state index contributed by atoms with van der Waals surface area (Å²) in [4.78, 5) is 4.39. The lowest BCUT2D eigenvalue weighted by molar-refractivity contribution is 0.270. The summed E-state index contributed by atoms with van der Waals surface area (Å²) in [6.07, 6.45) is 0. The van der Waals surface area contributed by atoms with Crippen molar-refractivity contribution in [2.75, 3.05) is 5.73 Å². The summed E-state index contributed by atoms with van der Waals surface area (Å²) in [5, 5.41) is 10.1. The number of nitrogens with zero attached hydrogens (tertiary/aromatic N) is 2. The molecule has 0 saturated heterocycles. The van der Waals surface area contributed by atoms with Crippen LogP contribution in [0.4, 0.5) is 5.69 Å². The van der Waals surface area contributed by atoms with Crippen LogP contribution in [0.5, 0.6) is 0 Å². The average Bonchev–Trinajstić information content (AvgIpc) is 2.76. The van der Waals surface area contributed by atoms with Crippen molar-refractivity contribution in [2.45, 2.75) is 6.61 Å². The van der Waals surface area contributed by atoms with Crippen LogP contribution in [0.25, 0.3) is 16.7 Å². The monoisotopic (exact) mass is 351 g/mol. The summed E-state index contributed by atoms with van der Waals surface area (Å²) in [6.45, 7) is -0.180. The number of hydrogen-bond acceptors (Lipinski definition) is 3. The highest BCUT2D eigenvalue weighted by Crippen LogP contribution is 2.30. The van der Waals surface area contributed by atoms with Crippen molar-refractivity contribution in [1.29, 1.82) is 0 Å². The van der Waals surface area contributed by atoms with Crippen LogP contribution in [0.3, 0.4) is 0 Å². The average molecular weight is 353 g/mol. The van der Waals surface area contributed by atoms with Crippen LogP contribution >= 0.6 is 27.5 Å². The fourth-order valence-corrected chi connectivity index (χ4v) is 2.94. The Kier molecular flexibility index (Phi) is 3.41. The minimum Gasteiger partial charge on any atom is -0.399 e. The molecule has 0 aliphatic heterocycles. The Morgan fingerprint density at radius 3 is 2.75 bits per heavy atom. The van der Waals surface area contributed by atoms with E-state index in [-0.39, 0.29) is 6.61 Å². The Balaban J connectivity index is 2.34. The van der Waals surface area contributed by atoms with Crippen molar-refractivity contribution in [3.8, 4) is 5.69 Å². The maximum absolute atomic E-state index is 9.53. The molecule has 0 aliphatic carbocycles. The van der Waals surface area contributed by atoms with Crippen LogP contribution in [0.15, 0.2) is 40.9 Å². The maximum atomic E-state index is 9.53. The van der Waals surface area contributed by atoms with Gasteiger partial charge in [0.2, 0.25) is 0 Å². The third kappa shape index (κ3) is 2.18. The number of anilines is 1. The molecule has 3 rings (SSSR count). The van der Waals surface area contributed by atoms with Gasteiger partial charge in [0.05, 0.1) is 21.7 Å². The molecule has 0 fully saturated rings. The molecular weight excluding hydrogens is 342 g/mol. The van der Waals surface area contributed by atoms with Gasteiger partial charge in [0.15, 0.2) is 0 Å². The van der Waals surface area contributed by atoms with Gasteiger partial charge in [0.25, 0.3) is 0 Å². The van der Waals surface area contributed by atoms with Gasteiger partial charge in [-0.2, -0.15) is 0 Å². The van der Waals surface area contributed by atoms with Gasteiger partial charge in [-0.1, -0.05) is 27.5 Å². The summed E-state index contributed by atoms with van der Waals surface area (Å²) in [5.41, 5.74) is 8.76. The molecule has 0 atom stereocenters. The number of hydrogen-bond donors (Lipinski definition) is 2. The van der Waals surface area contributed by atoms with Crippen molar-refractivity contribution in [1.82, 2.24) is 9.55 Å². The van der Waals surface area contributed by atoms with Crippen LogP contribution in [0.1, 0.15) is 5.82 Å². The Labute approximate surface area is 128 Å². The number of fused-ring (bicyclic) bond motifs is 1. The van der Waals surface area contributed by atoms with Gasteiger partial charge in [-0.05, 0) is 36.4 Å². The highest BCUT2D eigenvalue weighted by molar-refractivity contribution is 9.10. The molecule has 0 amide bonds. The predicted molar refractivity (Wildman–Crippen MR) is 84.1 cm³/mol. The van der Waals surface area contributed by atoms with E-state index in [4.69, 9.17) is 17.3 Å². The van der Waals surface area contributed by atoms with Crippen LogP contribution < -0.4 is 5.73 Å². The second-order valence-corrected chi connectivity index (χ2v) is 5.69. The van der Waals surface area contributed by atoms with E-state index in [1.54, 1.807) is 18.2 Å². The molecule has 102 valence electrons. The van der Waals surface area contributed by atoms with Gasteiger partial charge in [-0.3, -0.25) is 4.57 Å². The van der Waals surface area contributed by atoms with E-state index >= 15 is 0 Å². The van der Waals surface area contributed by atoms with Crippen molar-refractivity contribution in [3.05, 3.63) is 51.7 Å². The lowest BCUT2D eigenvalue weighted by Crippen LogP contribution is -2.01. The molecular formula is C14H11BrClN3O. The topological polar surface area (TPSA) is 64.1 Å². The Morgan fingerprint density at radius 1 is 1.25 bits per heavy atom. The smallest absolute Gasteiger partial charge is 0.140 e. The zero-order chi connectivity index (χ0) is 14.3. The summed E-state index contributed by atoms with van der Waals surface area (Å²) >= 11 is 9.68. The van der Waals surface area contributed by atoms with E-state index in [1.165, 1.54) is 0 Å². The van der Waals surface area contributed by atoms with Crippen molar-refractivity contribution in [2.24, 2.45) is 0 Å². The fraction of sp³-hybridized carbons (Fsp3) is 0.0714. The first-order chi connectivity index (χ1) is 9.60. The SMILES string of the molecule is Nc1ccc2c(c1)nc(CO)n2-c1ccc(Br)cc1Cl. The Morgan fingerprint density at radius 2 is 2.05 bits per heavy atom. The van der Waals surface area contributed by atoms with Crippen LogP contribution in [0, 0.1) is 0 Å². The fourth-order valence-electron chi connectivity index (χ4n) is 2.18.